The fraction of sp³-hybridized carbons (Fsp3) is 0.143. The van der Waals surface area contributed by atoms with Crippen molar-refractivity contribution in [1.29, 1.82) is 0 Å². The second-order valence-corrected chi connectivity index (χ2v) is 5.40. The summed E-state index contributed by atoms with van der Waals surface area (Å²) in [7, 11) is 0. The van der Waals surface area contributed by atoms with E-state index in [-0.39, 0.29) is 11.0 Å². The van der Waals surface area contributed by atoms with Gasteiger partial charge >= 0.3 is 0 Å². The first kappa shape index (κ1) is 16.1. The molecule has 1 aromatic carbocycles. The first-order chi connectivity index (χ1) is 10.5. The molecule has 0 spiro atoms. The number of nitrogens with one attached hydrogen (secondary N) is 2. The average Bonchev–Trinajstić information content (AvgIpc) is 2.47. The van der Waals surface area contributed by atoms with Crippen LogP contribution in [0.25, 0.3) is 0 Å². The first-order valence-electron chi connectivity index (χ1n) is 6.41. The third kappa shape index (κ3) is 4.37. The summed E-state index contributed by atoms with van der Waals surface area (Å²) in [5.41, 5.74) is 12.0. The minimum absolute atomic E-state index is 0.139. The van der Waals surface area contributed by atoms with Gasteiger partial charge in [-0.1, -0.05) is 29.3 Å². The van der Waals surface area contributed by atoms with Crippen molar-refractivity contribution in [2.45, 2.75) is 13.8 Å². The number of halogens is 1. The average molecular weight is 335 g/mol. The molecule has 0 saturated carbocycles. The van der Waals surface area contributed by atoms with Gasteiger partial charge in [0.1, 0.15) is 10.8 Å². The van der Waals surface area contributed by atoms with E-state index in [1.54, 1.807) is 0 Å². The lowest BCUT2D eigenvalue weighted by Crippen LogP contribution is -2.28. The molecule has 0 unspecified atom stereocenters. The van der Waals surface area contributed by atoms with Crippen LogP contribution in [0.2, 0.25) is 5.15 Å². The number of hydrogen-bond acceptors (Lipinski definition) is 4. The van der Waals surface area contributed by atoms with E-state index in [0.717, 1.165) is 11.3 Å². The van der Waals surface area contributed by atoms with Crippen molar-refractivity contribution in [2.75, 3.05) is 5.32 Å². The highest BCUT2D eigenvalue weighted by atomic mass is 35.5. The van der Waals surface area contributed by atoms with E-state index in [0.29, 0.717) is 10.8 Å². The van der Waals surface area contributed by atoms with Crippen molar-refractivity contribution in [3.8, 4) is 0 Å². The van der Waals surface area contributed by atoms with E-state index in [9.17, 15) is 0 Å². The van der Waals surface area contributed by atoms with E-state index in [4.69, 9.17) is 29.6 Å². The van der Waals surface area contributed by atoms with Crippen LogP contribution in [0.3, 0.4) is 0 Å². The first-order valence-corrected chi connectivity index (χ1v) is 7.19. The molecular weight excluding hydrogens is 320 g/mol. The molecule has 0 aliphatic heterocycles. The Morgan fingerprint density at radius 3 is 2.77 bits per heavy atom. The summed E-state index contributed by atoms with van der Waals surface area (Å²) in [5, 5.41) is 7.58. The second-order valence-electron chi connectivity index (χ2n) is 4.61. The zero-order chi connectivity index (χ0) is 16.1. The van der Waals surface area contributed by atoms with Gasteiger partial charge in [0, 0.05) is 5.69 Å². The van der Waals surface area contributed by atoms with Gasteiger partial charge in [0.15, 0.2) is 10.9 Å². The molecule has 0 aliphatic carbocycles. The molecule has 2 aromatic rings. The number of rotatable bonds is 3. The number of amidine groups is 1. The molecule has 8 heteroatoms. The van der Waals surface area contributed by atoms with Crippen molar-refractivity contribution in [3.63, 3.8) is 0 Å². The quantitative estimate of drug-likeness (QED) is 0.345. The molecule has 0 amide bonds. The van der Waals surface area contributed by atoms with Crippen molar-refractivity contribution < 1.29 is 0 Å². The van der Waals surface area contributed by atoms with Gasteiger partial charge in [0.25, 0.3) is 0 Å². The summed E-state index contributed by atoms with van der Waals surface area (Å²) in [6.07, 6.45) is 2.88. The lowest BCUT2D eigenvalue weighted by atomic mass is 10.1. The minimum atomic E-state index is 0.139. The highest BCUT2D eigenvalue weighted by Gasteiger charge is 2.04. The molecule has 1 aromatic heterocycles. The smallest absolute Gasteiger partial charge is 0.191 e. The number of aromatic nitrogens is 2. The molecule has 114 valence electrons. The molecule has 0 atom stereocenters. The topological polar surface area (TPSA) is 88.2 Å². The number of nitrogens with zero attached hydrogens (tertiary/aromatic N) is 3. The number of thiocarbonyl (C=S) groups is 1. The SMILES string of the molecule is Cc1ccc(NC(=S)N/N=C(\N)c2cncc(Cl)n2)c(C)c1. The van der Waals surface area contributed by atoms with Gasteiger partial charge in [-0.3, -0.25) is 10.4 Å². The zero-order valence-corrected chi connectivity index (χ0v) is 13.7. The molecule has 0 bridgehead atoms. The summed E-state index contributed by atoms with van der Waals surface area (Å²) in [4.78, 5) is 7.89. The van der Waals surface area contributed by atoms with Crippen LogP contribution in [0.5, 0.6) is 0 Å². The molecule has 0 fully saturated rings. The van der Waals surface area contributed by atoms with Crippen LogP contribution in [0.1, 0.15) is 16.8 Å². The van der Waals surface area contributed by atoms with E-state index in [1.165, 1.54) is 18.0 Å². The Hall–Kier alpha value is -2.25. The van der Waals surface area contributed by atoms with Gasteiger partial charge < -0.3 is 11.1 Å². The monoisotopic (exact) mass is 334 g/mol. The summed E-state index contributed by atoms with van der Waals surface area (Å²) in [6, 6.07) is 6.01. The van der Waals surface area contributed by atoms with Crippen LogP contribution in [0, 0.1) is 13.8 Å². The van der Waals surface area contributed by atoms with Crippen LogP contribution in [-0.4, -0.2) is 20.9 Å². The zero-order valence-electron chi connectivity index (χ0n) is 12.1. The van der Waals surface area contributed by atoms with Gasteiger partial charge in [-0.2, -0.15) is 5.10 Å². The Morgan fingerprint density at radius 2 is 2.09 bits per heavy atom. The Morgan fingerprint density at radius 1 is 1.32 bits per heavy atom. The summed E-state index contributed by atoms with van der Waals surface area (Å²) < 4.78 is 0. The van der Waals surface area contributed by atoms with Crippen molar-refractivity contribution in [1.82, 2.24) is 15.4 Å². The third-order valence-corrected chi connectivity index (χ3v) is 3.15. The van der Waals surface area contributed by atoms with E-state index >= 15 is 0 Å². The predicted molar refractivity (Wildman–Crippen MR) is 93.0 cm³/mol. The number of aryl methyl sites for hydroxylation is 2. The van der Waals surface area contributed by atoms with Gasteiger partial charge in [0.05, 0.1) is 12.4 Å². The number of hydrazone groups is 1. The molecule has 22 heavy (non-hydrogen) atoms. The molecule has 6 nitrogen and oxygen atoms in total. The number of hydrogen-bond donors (Lipinski definition) is 3. The standard InChI is InChI=1S/C14H15ClN6S/c1-8-3-4-10(9(2)5-8)19-14(22)21-20-13(16)11-6-17-7-12(15)18-11/h3-7H,1-2H3,(H2,16,20)(H2,19,21,22). The Bertz CT molecular complexity index is 731. The maximum absolute atomic E-state index is 5.79. The third-order valence-electron chi connectivity index (χ3n) is 2.78. The second kappa shape index (κ2) is 7.15. The molecule has 0 saturated heterocycles. The van der Waals surface area contributed by atoms with Crippen molar-refractivity contribution in [3.05, 3.63) is 52.6 Å². The normalized spacial score (nSPS) is 11.1. The Kier molecular flexibility index (Phi) is 5.24. The fourth-order valence-corrected chi connectivity index (χ4v) is 2.04. The Labute approximate surface area is 138 Å². The maximum Gasteiger partial charge on any atom is 0.191 e. The van der Waals surface area contributed by atoms with Gasteiger partial charge in [-0.15, -0.1) is 0 Å². The minimum Gasteiger partial charge on any atom is -0.380 e. The molecule has 0 radical (unpaired) electrons. The van der Waals surface area contributed by atoms with E-state index in [2.05, 4.69) is 31.9 Å². The van der Waals surface area contributed by atoms with Crippen LogP contribution in [0.4, 0.5) is 5.69 Å². The van der Waals surface area contributed by atoms with Crippen molar-refractivity contribution >= 4 is 40.5 Å². The highest BCUT2D eigenvalue weighted by Crippen LogP contribution is 2.15. The lowest BCUT2D eigenvalue weighted by Gasteiger charge is -2.10. The number of benzene rings is 1. The van der Waals surface area contributed by atoms with Crippen LogP contribution >= 0.6 is 23.8 Å². The lowest BCUT2D eigenvalue weighted by molar-refractivity contribution is 1.02. The fourth-order valence-electron chi connectivity index (χ4n) is 1.74. The predicted octanol–water partition coefficient (Wildman–Crippen LogP) is 2.35. The van der Waals surface area contributed by atoms with Crippen molar-refractivity contribution in [2.24, 2.45) is 10.8 Å². The number of nitrogens with two attached hydrogens (primary N) is 1. The van der Waals surface area contributed by atoms with Crippen LogP contribution in [0.15, 0.2) is 35.7 Å². The van der Waals surface area contributed by atoms with E-state index < -0.39 is 0 Å². The number of anilines is 1. The van der Waals surface area contributed by atoms with Crippen LogP contribution in [-0.2, 0) is 0 Å². The molecular formula is C14H15ClN6S. The molecule has 0 aliphatic rings. The summed E-state index contributed by atoms with van der Waals surface area (Å²) in [6.45, 7) is 4.03. The summed E-state index contributed by atoms with van der Waals surface area (Å²) >= 11 is 10.9. The van der Waals surface area contributed by atoms with Gasteiger partial charge in [-0.25, -0.2) is 4.98 Å². The highest BCUT2D eigenvalue weighted by molar-refractivity contribution is 7.80. The van der Waals surface area contributed by atoms with E-state index in [1.807, 2.05) is 26.0 Å². The molecule has 4 N–H and O–H groups in total. The van der Waals surface area contributed by atoms with Crippen LogP contribution < -0.4 is 16.5 Å². The largest absolute Gasteiger partial charge is 0.380 e. The Balaban J connectivity index is 2.01. The summed E-state index contributed by atoms with van der Waals surface area (Å²) in [5.74, 6) is 0.139. The maximum atomic E-state index is 5.79. The molecule has 2 rings (SSSR count). The van der Waals surface area contributed by atoms with Gasteiger partial charge in [0.2, 0.25) is 0 Å². The molecule has 1 heterocycles. The van der Waals surface area contributed by atoms with Gasteiger partial charge in [-0.05, 0) is 37.7 Å².